The highest BCUT2D eigenvalue weighted by Gasteiger charge is 2.15. The maximum Gasteiger partial charge on any atom is 0.251 e. The largest absolute Gasteiger partial charge is 0.497 e. The van der Waals surface area contributed by atoms with Crippen LogP contribution < -0.4 is 9.64 Å². The van der Waals surface area contributed by atoms with E-state index in [1.165, 1.54) is 4.90 Å². The minimum Gasteiger partial charge on any atom is -0.497 e. The van der Waals surface area contributed by atoms with E-state index in [4.69, 9.17) is 4.74 Å². The number of ether oxygens (including phenoxy) is 1. The zero-order valence-electron chi connectivity index (χ0n) is 11.0. The summed E-state index contributed by atoms with van der Waals surface area (Å²) in [6.45, 7) is 0.284. The number of rotatable bonds is 4. The second kappa shape index (κ2) is 5.81. The van der Waals surface area contributed by atoms with Crippen LogP contribution in [0.1, 0.15) is 5.56 Å². The lowest BCUT2D eigenvalue weighted by Gasteiger charge is -2.19. The van der Waals surface area contributed by atoms with Crippen molar-refractivity contribution in [2.24, 2.45) is 0 Å². The quantitative estimate of drug-likeness (QED) is 0.806. The van der Waals surface area contributed by atoms with Gasteiger partial charge in [-0.15, -0.1) is 0 Å². The number of halogens is 3. The van der Waals surface area contributed by atoms with Crippen LogP contribution in [0.2, 0.25) is 0 Å². The number of hydrogen-bond donors (Lipinski definition) is 0. The first-order valence-electron chi connectivity index (χ1n) is 5.87. The van der Waals surface area contributed by atoms with Crippen molar-refractivity contribution >= 4 is 5.82 Å². The van der Waals surface area contributed by atoms with Crippen LogP contribution in [-0.4, -0.2) is 19.1 Å². The van der Waals surface area contributed by atoms with Crippen molar-refractivity contribution in [1.82, 2.24) is 4.98 Å². The first-order chi connectivity index (χ1) is 9.51. The van der Waals surface area contributed by atoms with Gasteiger partial charge in [0.05, 0.1) is 7.11 Å². The average molecular weight is 282 g/mol. The van der Waals surface area contributed by atoms with Crippen LogP contribution in [0.25, 0.3) is 0 Å². The molecular formula is C14H13F3N2O. The Morgan fingerprint density at radius 1 is 1.15 bits per heavy atom. The van der Waals surface area contributed by atoms with Gasteiger partial charge in [-0.2, -0.15) is 9.37 Å². The molecule has 0 aliphatic carbocycles. The zero-order valence-corrected chi connectivity index (χ0v) is 11.0. The van der Waals surface area contributed by atoms with Crippen LogP contribution in [0.4, 0.5) is 19.0 Å². The van der Waals surface area contributed by atoms with Crippen molar-refractivity contribution in [2.75, 3.05) is 19.1 Å². The number of anilines is 1. The topological polar surface area (TPSA) is 25.4 Å². The molecule has 0 fully saturated rings. The van der Waals surface area contributed by atoms with Gasteiger partial charge < -0.3 is 9.64 Å². The van der Waals surface area contributed by atoms with Gasteiger partial charge in [0, 0.05) is 19.7 Å². The molecule has 3 nitrogen and oxygen atoms in total. The SMILES string of the molecule is COc1cccc(CN(C)c2nc(F)c(F)cc2F)c1. The van der Waals surface area contributed by atoms with E-state index in [0.29, 0.717) is 11.8 Å². The molecule has 0 aliphatic rings. The Hall–Kier alpha value is -2.24. The summed E-state index contributed by atoms with van der Waals surface area (Å²) in [6.07, 6.45) is 0. The molecule has 1 heterocycles. The van der Waals surface area contributed by atoms with Gasteiger partial charge in [0.25, 0.3) is 5.95 Å². The predicted octanol–water partition coefficient (Wildman–Crippen LogP) is 3.14. The third-order valence-corrected chi connectivity index (χ3v) is 2.78. The number of hydrogen-bond acceptors (Lipinski definition) is 3. The first kappa shape index (κ1) is 14.2. The number of aromatic nitrogens is 1. The molecule has 1 aromatic carbocycles. The Bertz CT molecular complexity index is 619. The smallest absolute Gasteiger partial charge is 0.251 e. The first-order valence-corrected chi connectivity index (χ1v) is 5.87. The van der Waals surface area contributed by atoms with Crippen LogP contribution in [0.3, 0.4) is 0 Å². The summed E-state index contributed by atoms with van der Waals surface area (Å²) in [5.74, 6) is -3.12. The Kier molecular flexibility index (Phi) is 4.12. The van der Waals surface area contributed by atoms with Crippen molar-refractivity contribution in [1.29, 1.82) is 0 Å². The predicted molar refractivity (Wildman–Crippen MR) is 69.2 cm³/mol. The summed E-state index contributed by atoms with van der Waals surface area (Å²) in [4.78, 5) is 4.68. The molecule has 0 amide bonds. The number of methoxy groups -OCH3 is 1. The van der Waals surface area contributed by atoms with E-state index in [0.717, 1.165) is 5.56 Å². The zero-order chi connectivity index (χ0) is 14.7. The summed E-state index contributed by atoms with van der Waals surface area (Å²) < 4.78 is 44.6. The molecule has 20 heavy (non-hydrogen) atoms. The molecule has 0 radical (unpaired) electrons. The van der Waals surface area contributed by atoms with Crippen LogP contribution in [0.15, 0.2) is 30.3 Å². The molecule has 0 saturated carbocycles. The molecule has 1 aromatic heterocycles. The fourth-order valence-electron chi connectivity index (χ4n) is 1.82. The average Bonchev–Trinajstić information content (AvgIpc) is 2.43. The maximum absolute atomic E-state index is 13.6. The molecule has 6 heteroatoms. The molecule has 2 aromatic rings. The standard InChI is InChI=1S/C14H13F3N2O/c1-19(8-9-4-3-5-10(6-9)20-2)14-12(16)7-11(15)13(17)18-14/h3-7H,8H2,1-2H3. The fourth-order valence-corrected chi connectivity index (χ4v) is 1.82. The molecule has 0 atom stereocenters. The minimum atomic E-state index is -1.32. The lowest BCUT2D eigenvalue weighted by atomic mass is 10.2. The van der Waals surface area contributed by atoms with Crippen molar-refractivity contribution in [3.05, 3.63) is 53.5 Å². The van der Waals surface area contributed by atoms with E-state index >= 15 is 0 Å². The van der Waals surface area contributed by atoms with E-state index in [1.807, 2.05) is 6.07 Å². The monoisotopic (exact) mass is 282 g/mol. The van der Waals surface area contributed by atoms with E-state index in [1.54, 1.807) is 32.4 Å². The third kappa shape index (κ3) is 3.01. The minimum absolute atomic E-state index is 0.244. The highest BCUT2D eigenvalue weighted by molar-refractivity contribution is 5.41. The van der Waals surface area contributed by atoms with Gasteiger partial charge in [0.2, 0.25) is 0 Å². The number of pyridine rings is 1. The van der Waals surface area contributed by atoms with Crippen LogP contribution in [-0.2, 0) is 6.54 Å². The molecule has 0 bridgehead atoms. The lowest BCUT2D eigenvalue weighted by molar-refractivity contribution is 0.414. The number of nitrogens with zero attached hydrogens (tertiary/aromatic N) is 2. The fraction of sp³-hybridized carbons (Fsp3) is 0.214. The molecule has 0 saturated heterocycles. The summed E-state index contributed by atoms with van der Waals surface area (Å²) >= 11 is 0. The number of benzene rings is 1. The molecule has 0 N–H and O–H groups in total. The van der Waals surface area contributed by atoms with E-state index in [-0.39, 0.29) is 12.4 Å². The van der Waals surface area contributed by atoms with Gasteiger partial charge in [-0.25, -0.2) is 8.78 Å². The Morgan fingerprint density at radius 3 is 2.60 bits per heavy atom. The maximum atomic E-state index is 13.6. The van der Waals surface area contributed by atoms with Gasteiger partial charge in [0.15, 0.2) is 17.5 Å². The summed E-state index contributed by atoms with van der Waals surface area (Å²) in [5, 5.41) is 0. The van der Waals surface area contributed by atoms with Gasteiger partial charge in [-0.05, 0) is 17.7 Å². The second-order valence-electron chi connectivity index (χ2n) is 4.27. The van der Waals surface area contributed by atoms with Gasteiger partial charge in [0.1, 0.15) is 5.75 Å². The Balaban J connectivity index is 2.23. The lowest BCUT2D eigenvalue weighted by Crippen LogP contribution is -2.20. The van der Waals surface area contributed by atoms with Crippen LogP contribution in [0.5, 0.6) is 5.75 Å². The van der Waals surface area contributed by atoms with E-state index in [2.05, 4.69) is 4.98 Å². The van der Waals surface area contributed by atoms with Gasteiger partial charge in [-0.1, -0.05) is 12.1 Å². The molecular weight excluding hydrogens is 269 g/mol. The van der Waals surface area contributed by atoms with Crippen LogP contribution in [0, 0.1) is 17.6 Å². The molecule has 2 rings (SSSR count). The highest BCUT2D eigenvalue weighted by atomic mass is 19.2. The second-order valence-corrected chi connectivity index (χ2v) is 4.27. The summed E-state index contributed by atoms with van der Waals surface area (Å²) in [6, 6.07) is 7.64. The van der Waals surface area contributed by atoms with Gasteiger partial charge >= 0.3 is 0 Å². The van der Waals surface area contributed by atoms with Crippen LogP contribution >= 0.6 is 0 Å². The van der Waals surface area contributed by atoms with Crippen molar-refractivity contribution in [2.45, 2.75) is 6.54 Å². The third-order valence-electron chi connectivity index (χ3n) is 2.78. The summed E-state index contributed by atoms with van der Waals surface area (Å²) in [7, 11) is 3.08. The van der Waals surface area contributed by atoms with E-state index < -0.39 is 17.6 Å². The Morgan fingerprint density at radius 2 is 1.90 bits per heavy atom. The molecule has 0 unspecified atom stereocenters. The highest BCUT2D eigenvalue weighted by Crippen LogP contribution is 2.21. The Labute approximate surface area is 114 Å². The van der Waals surface area contributed by atoms with Crippen molar-refractivity contribution in [3.8, 4) is 5.75 Å². The van der Waals surface area contributed by atoms with Crippen molar-refractivity contribution < 1.29 is 17.9 Å². The summed E-state index contributed by atoms with van der Waals surface area (Å²) in [5.41, 5.74) is 0.831. The van der Waals surface area contributed by atoms with Crippen molar-refractivity contribution in [3.63, 3.8) is 0 Å². The normalized spacial score (nSPS) is 10.4. The molecule has 106 valence electrons. The van der Waals surface area contributed by atoms with E-state index in [9.17, 15) is 13.2 Å². The van der Waals surface area contributed by atoms with Gasteiger partial charge in [-0.3, -0.25) is 0 Å². The molecule has 0 aliphatic heterocycles. The molecule has 0 spiro atoms.